The summed E-state index contributed by atoms with van der Waals surface area (Å²) in [5, 5.41) is 3.60. The van der Waals surface area contributed by atoms with Crippen molar-refractivity contribution in [3.05, 3.63) is 64.4 Å². The summed E-state index contributed by atoms with van der Waals surface area (Å²) in [6.07, 6.45) is 0. The van der Waals surface area contributed by atoms with E-state index in [1.54, 1.807) is 24.3 Å². The highest BCUT2D eigenvalue weighted by molar-refractivity contribution is 7.99. The van der Waals surface area contributed by atoms with E-state index in [-0.39, 0.29) is 17.7 Å². The molecule has 0 heterocycles. The molecule has 0 fully saturated rings. The lowest BCUT2D eigenvalue weighted by molar-refractivity contribution is -0.119. The van der Waals surface area contributed by atoms with Crippen LogP contribution in [0.15, 0.2) is 42.5 Å². The van der Waals surface area contributed by atoms with Gasteiger partial charge in [0, 0.05) is 10.8 Å². The van der Waals surface area contributed by atoms with Crippen molar-refractivity contribution in [2.45, 2.75) is 18.7 Å². The molecule has 24 heavy (non-hydrogen) atoms. The maximum absolute atomic E-state index is 13.6. The van der Waals surface area contributed by atoms with E-state index in [0.717, 1.165) is 11.1 Å². The number of ether oxygens (including phenoxy) is 1. The number of benzene rings is 2. The van der Waals surface area contributed by atoms with Crippen molar-refractivity contribution < 1.29 is 13.9 Å². The second-order valence-electron chi connectivity index (χ2n) is 5.30. The largest absolute Gasteiger partial charge is 0.494 e. The summed E-state index contributed by atoms with van der Waals surface area (Å²) in [7, 11) is 1.43. The number of thioether (sulfide) groups is 1. The van der Waals surface area contributed by atoms with Gasteiger partial charge in [0.25, 0.3) is 0 Å². The molecule has 0 radical (unpaired) electrons. The summed E-state index contributed by atoms with van der Waals surface area (Å²) < 4.78 is 18.5. The molecule has 0 saturated carbocycles. The first kappa shape index (κ1) is 18.6. The smallest absolute Gasteiger partial charge is 0.230 e. The fourth-order valence-corrected chi connectivity index (χ4v) is 3.09. The third-order valence-corrected chi connectivity index (χ3v) is 4.72. The molecule has 1 atom stereocenters. The minimum Gasteiger partial charge on any atom is -0.494 e. The fourth-order valence-electron chi connectivity index (χ4n) is 2.18. The van der Waals surface area contributed by atoms with Crippen molar-refractivity contribution in [3.63, 3.8) is 0 Å². The number of carbonyl (C=O) groups excluding carboxylic acids is 1. The Bertz CT molecular complexity index is 694. The molecule has 2 aromatic carbocycles. The zero-order valence-electron chi connectivity index (χ0n) is 13.5. The van der Waals surface area contributed by atoms with E-state index >= 15 is 0 Å². The van der Waals surface area contributed by atoms with Crippen molar-refractivity contribution in [2.24, 2.45) is 0 Å². The van der Waals surface area contributed by atoms with E-state index in [1.807, 2.05) is 19.1 Å². The Labute approximate surface area is 150 Å². The van der Waals surface area contributed by atoms with E-state index in [4.69, 9.17) is 16.3 Å². The van der Waals surface area contributed by atoms with E-state index < -0.39 is 5.82 Å². The van der Waals surface area contributed by atoms with Gasteiger partial charge in [-0.2, -0.15) is 0 Å². The second kappa shape index (κ2) is 8.94. The van der Waals surface area contributed by atoms with Crippen LogP contribution in [0.2, 0.25) is 5.02 Å². The number of amides is 1. The van der Waals surface area contributed by atoms with Gasteiger partial charge < -0.3 is 10.1 Å². The van der Waals surface area contributed by atoms with Crippen LogP contribution in [0.3, 0.4) is 0 Å². The third kappa shape index (κ3) is 5.42. The van der Waals surface area contributed by atoms with Gasteiger partial charge >= 0.3 is 0 Å². The van der Waals surface area contributed by atoms with E-state index in [2.05, 4.69) is 5.32 Å². The van der Waals surface area contributed by atoms with Crippen LogP contribution in [0.1, 0.15) is 24.1 Å². The Morgan fingerprint density at radius 2 is 2.00 bits per heavy atom. The minimum absolute atomic E-state index is 0.0589. The van der Waals surface area contributed by atoms with Crippen LogP contribution >= 0.6 is 23.4 Å². The van der Waals surface area contributed by atoms with Crippen LogP contribution in [0, 0.1) is 5.82 Å². The number of nitrogens with one attached hydrogen (secondary N) is 1. The Morgan fingerprint density at radius 1 is 1.29 bits per heavy atom. The molecule has 128 valence electrons. The van der Waals surface area contributed by atoms with Crippen molar-refractivity contribution >= 4 is 29.3 Å². The van der Waals surface area contributed by atoms with Crippen LogP contribution in [0.25, 0.3) is 0 Å². The zero-order chi connectivity index (χ0) is 17.5. The molecule has 6 heteroatoms. The van der Waals surface area contributed by atoms with Crippen molar-refractivity contribution in [3.8, 4) is 5.75 Å². The zero-order valence-corrected chi connectivity index (χ0v) is 15.1. The van der Waals surface area contributed by atoms with Crippen molar-refractivity contribution in [2.75, 3.05) is 12.9 Å². The van der Waals surface area contributed by atoms with Gasteiger partial charge in [0.1, 0.15) is 0 Å². The Balaban J connectivity index is 1.78. The number of rotatable bonds is 7. The molecule has 0 aromatic heterocycles. The number of carbonyl (C=O) groups is 1. The van der Waals surface area contributed by atoms with Crippen molar-refractivity contribution in [1.29, 1.82) is 0 Å². The molecule has 0 aliphatic rings. The van der Waals surface area contributed by atoms with Gasteiger partial charge in [-0.25, -0.2) is 4.39 Å². The normalized spacial score (nSPS) is 11.8. The molecular formula is C18H19ClFNO2S. The monoisotopic (exact) mass is 367 g/mol. The number of hydrogen-bond acceptors (Lipinski definition) is 3. The average molecular weight is 368 g/mol. The van der Waals surface area contributed by atoms with Crippen LogP contribution in [-0.4, -0.2) is 18.8 Å². The molecule has 0 spiro atoms. The van der Waals surface area contributed by atoms with Gasteiger partial charge in [-0.05, 0) is 42.3 Å². The van der Waals surface area contributed by atoms with E-state index in [0.29, 0.717) is 16.5 Å². The third-order valence-electron chi connectivity index (χ3n) is 3.47. The second-order valence-corrected chi connectivity index (χ2v) is 6.72. The molecule has 0 unspecified atom stereocenters. The highest BCUT2D eigenvalue weighted by atomic mass is 35.5. The molecule has 0 saturated heterocycles. The summed E-state index contributed by atoms with van der Waals surface area (Å²) in [4.78, 5) is 12.0. The average Bonchev–Trinajstić information content (AvgIpc) is 2.55. The predicted molar refractivity (Wildman–Crippen MR) is 97.1 cm³/mol. The van der Waals surface area contributed by atoms with Crippen LogP contribution in [-0.2, 0) is 10.5 Å². The number of methoxy groups -OCH3 is 1. The minimum atomic E-state index is -0.392. The molecule has 1 N–H and O–H groups in total. The first-order chi connectivity index (χ1) is 11.5. The van der Waals surface area contributed by atoms with Crippen LogP contribution < -0.4 is 10.1 Å². The summed E-state index contributed by atoms with van der Waals surface area (Å²) in [5.74, 6) is 0.640. The van der Waals surface area contributed by atoms with Gasteiger partial charge in [-0.15, -0.1) is 11.8 Å². The molecule has 2 aromatic rings. The molecule has 0 bridgehead atoms. The number of halogens is 2. The van der Waals surface area contributed by atoms with Gasteiger partial charge in [0.2, 0.25) is 5.91 Å². The van der Waals surface area contributed by atoms with Gasteiger partial charge in [-0.1, -0.05) is 29.8 Å². The lowest BCUT2D eigenvalue weighted by Crippen LogP contribution is -2.28. The predicted octanol–water partition coefficient (Wildman–Crippen LogP) is 4.60. The lowest BCUT2D eigenvalue weighted by atomic mass is 10.1. The van der Waals surface area contributed by atoms with E-state index in [9.17, 15) is 9.18 Å². The standard InChI is InChI=1S/C18H19ClFNO2S/c1-12(14-4-6-15(19)7-5-14)21-18(22)11-24-10-13-3-8-17(23-2)16(20)9-13/h3-9,12H,10-11H2,1-2H3,(H,21,22)/t12-/m1/s1. The van der Waals surface area contributed by atoms with Gasteiger partial charge in [-0.3, -0.25) is 4.79 Å². The Kier molecular flexibility index (Phi) is 6.94. The Morgan fingerprint density at radius 3 is 2.62 bits per heavy atom. The maximum atomic E-state index is 13.6. The van der Waals surface area contributed by atoms with Gasteiger partial charge in [0.15, 0.2) is 11.6 Å². The summed E-state index contributed by atoms with van der Waals surface area (Å²) >= 11 is 7.29. The quantitative estimate of drug-likeness (QED) is 0.777. The summed E-state index contributed by atoms with van der Waals surface area (Å²) in [5.41, 5.74) is 1.81. The van der Waals surface area contributed by atoms with Gasteiger partial charge in [0.05, 0.1) is 18.9 Å². The van der Waals surface area contributed by atoms with Crippen LogP contribution in [0.4, 0.5) is 4.39 Å². The van der Waals surface area contributed by atoms with Crippen LogP contribution in [0.5, 0.6) is 5.75 Å². The highest BCUT2D eigenvalue weighted by Crippen LogP contribution is 2.21. The van der Waals surface area contributed by atoms with E-state index in [1.165, 1.54) is 24.9 Å². The SMILES string of the molecule is COc1ccc(CSCC(=O)N[C@H](C)c2ccc(Cl)cc2)cc1F. The molecule has 0 aliphatic heterocycles. The first-order valence-corrected chi connectivity index (χ1v) is 8.98. The number of hydrogen-bond donors (Lipinski definition) is 1. The molecular weight excluding hydrogens is 349 g/mol. The molecule has 0 aliphatic carbocycles. The lowest BCUT2D eigenvalue weighted by Gasteiger charge is -2.14. The first-order valence-electron chi connectivity index (χ1n) is 7.44. The molecule has 3 nitrogen and oxygen atoms in total. The highest BCUT2D eigenvalue weighted by Gasteiger charge is 2.10. The topological polar surface area (TPSA) is 38.3 Å². The summed E-state index contributed by atoms with van der Waals surface area (Å²) in [6, 6.07) is 12.1. The maximum Gasteiger partial charge on any atom is 0.230 e. The molecule has 2 rings (SSSR count). The summed E-state index contributed by atoms with van der Waals surface area (Å²) in [6.45, 7) is 1.92. The molecule has 1 amide bonds. The Hall–Kier alpha value is -1.72. The van der Waals surface area contributed by atoms with Crippen molar-refractivity contribution in [1.82, 2.24) is 5.32 Å². The fraction of sp³-hybridized carbons (Fsp3) is 0.278.